The predicted octanol–water partition coefficient (Wildman–Crippen LogP) is 2.20. The van der Waals surface area contributed by atoms with Gasteiger partial charge in [-0.05, 0) is 49.9 Å². The van der Waals surface area contributed by atoms with Gasteiger partial charge in [-0.15, -0.1) is 0 Å². The van der Waals surface area contributed by atoms with E-state index in [1.165, 1.54) is 0 Å². The van der Waals surface area contributed by atoms with Gasteiger partial charge < -0.3 is 4.90 Å². The van der Waals surface area contributed by atoms with Crippen LogP contribution in [-0.4, -0.2) is 26.9 Å². The van der Waals surface area contributed by atoms with Crippen LogP contribution < -0.4 is 9.62 Å². The van der Waals surface area contributed by atoms with Crippen molar-refractivity contribution in [1.29, 1.82) is 0 Å². The van der Waals surface area contributed by atoms with Crippen LogP contribution in [0.1, 0.15) is 32.1 Å². The number of nitrogens with one attached hydrogen (secondary N) is 1. The Kier molecular flexibility index (Phi) is 4.31. The quantitative estimate of drug-likeness (QED) is 0.865. The molecule has 1 aliphatic carbocycles. The third-order valence-electron chi connectivity index (χ3n) is 4.12. The normalized spacial score (nSPS) is 22.3. The number of rotatable bonds is 4. The first-order chi connectivity index (χ1) is 10.6. The molecular formula is C16H20N2O3S. The summed E-state index contributed by atoms with van der Waals surface area (Å²) < 4.78 is 27.5. The van der Waals surface area contributed by atoms with Crippen LogP contribution in [0.5, 0.6) is 0 Å². The Morgan fingerprint density at radius 3 is 2.50 bits per heavy atom. The predicted molar refractivity (Wildman–Crippen MR) is 85.1 cm³/mol. The van der Waals surface area contributed by atoms with Gasteiger partial charge in [0, 0.05) is 24.7 Å². The summed E-state index contributed by atoms with van der Waals surface area (Å²) in [6, 6.07) is 6.52. The van der Waals surface area contributed by atoms with E-state index in [0.717, 1.165) is 31.4 Å². The smallest absolute Gasteiger partial charge is 0.240 e. The first-order valence-corrected chi connectivity index (χ1v) is 9.12. The topological polar surface area (TPSA) is 66.5 Å². The van der Waals surface area contributed by atoms with Gasteiger partial charge in [-0.1, -0.05) is 12.2 Å². The molecule has 1 unspecified atom stereocenters. The molecule has 1 fully saturated rings. The van der Waals surface area contributed by atoms with E-state index in [0.29, 0.717) is 13.0 Å². The number of anilines is 1. The zero-order valence-corrected chi connectivity index (χ0v) is 13.2. The van der Waals surface area contributed by atoms with Crippen molar-refractivity contribution >= 4 is 21.6 Å². The highest BCUT2D eigenvalue weighted by atomic mass is 32.2. The van der Waals surface area contributed by atoms with Crippen LogP contribution >= 0.6 is 0 Å². The number of amides is 1. The van der Waals surface area contributed by atoms with Gasteiger partial charge in [0.2, 0.25) is 15.9 Å². The first kappa shape index (κ1) is 15.2. The lowest BCUT2D eigenvalue weighted by Gasteiger charge is -2.20. The number of allylic oxidation sites excluding steroid dienone is 1. The van der Waals surface area contributed by atoms with Gasteiger partial charge in [0.05, 0.1) is 4.90 Å². The van der Waals surface area contributed by atoms with Crippen molar-refractivity contribution in [2.24, 2.45) is 0 Å². The lowest BCUT2D eigenvalue weighted by Crippen LogP contribution is -2.35. The van der Waals surface area contributed by atoms with Crippen LogP contribution in [0.3, 0.4) is 0 Å². The number of sulfonamides is 1. The second-order valence-electron chi connectivity index (χ2n) is 5.75. The molecule has 3 rings (SSSR count). The van der Waals surface area contributed by atoms with E-state index >= 15 is 0 Å². The van der Waals surface area contributed by atoms with Crippen LogP contribution in [0.2, 0.25) is 0 Å². The van der Waals surface area contributed by atoms with Crippen molar-refractivity contribution in [3.05, 3.63) is 36.4 Å². The minimum atomic E-state index is -3.50. The molecule has 1 aliphatic heterocycles. The molecule has 22 heavy (non-hydrogen) atoms. The highest BCUT2D eigenvalue weighted by Gasteiger charge is 2.23. The molecule has 6 heteroatoms. The summed E-state index contributed by atoms with van der Waals surface area (Å²) in [5.41, 5.74) is 0.766. The van der Waals surface area contributed by atoms with Crippen LogP contribution in [0.4, 0.5) is 5.69 Å². The molecule has 1 aromatic carbocycles. The van der Waals surface area contributed by atoms with Crippen LogP contribution in [0, 0.1) is 0 Å². The molecule has 5 nitrogen and oxygen atoms in total. The van der Waals surface area contributed by atoms with Gasteiger partial charge in [0.25, 0.3) is 0 Å². The van der Waals surface area contributed by atoms with E-state index in [-0.39, 0.29) is 16.8 Å². The summed E-state index contributed by atoms with van der Waals surface area (Å²) in [5, 5.41) is 0. The highest BCUT2D eigenvalue weighted by molar-refractivity contribution is 7.89. The minimum Gasteiger partial charge on any atom is -0.312 e. The van der Waals surface area contributed by atoms with Crippen molar-refractivity contribution in [3.8, 4) is 0 Å². The summed E-state index contributed by atoms with van der Waals surface area (Å²) in [6.07, 6.45) is 7.98. The zero-order chi connectivity index (χ0) is 15.6. The van der Waals surface area contributed by atoms with E-state index in [1.807, 2.05) is 6.08 Å². The standard InChI is InChI=1S/C16H20N2O3S/c19-16-7-4-12-18(16)14-8-10-15(11-9-14)22(20,21)17-13-5-2-1-3-6-13/h1-2,8-11,13,17H,3-7,12H2. The van der Waals surface area contributed by atoms with Crippen molar-refractivity contribution in [3.63, 3.8) is 0 Å². The summed E-state index contributed by atoms with van der Waals surface area (Å²) in [6.45, 7) is 0.706. The average molecular weight is 320 g/mol. The van der Waals surface area contributed by atoms with Crippen molar-refractivity contribution in [1.82, 2.24) is 4.72 Å². The molecule has 118 valence electrons. The maximum absolute atomic E-state index is 12.4. The fourth-order valence-corrected chi connectivity index (χ4v) is 4.20. The molecule has 1 atom stereocenters. The van der Waals surface area contributed by atoms with E-state index < -0.39 is 10.0 Å². The van der Waals surface area contributed by atoms with Crippen molar-refractivity contribution in [2.45, 2.75) is 43.0 Å². The second kappa shape index (κ2) is 6.22. The number of benzene rings is 1. The summed E-state index contributed by atoms with van der Waals surface area (Å²) in [7, 11) is -3.50. The van der Waals surface area contributed by atoms with Gasteiger partial charge in [0.1, 0.15) is 0 Å². The number of nitrogens with zero attached hydrogens (tertiary/aromatic N) is 1. The van der Waals surface area contributed by atoms with Gasteiger partial charge in [-0.25, -0.2) is 13.1 Å². The number of carbonyl (C=O) groups is 1. The Labute approximate surface area is 131 Å². The fourth-order valence-electron chi connectivity index (χ4n) is 2.91. The Bertz CT molecular complexity index is 680. The monoisotopic (exact) mass is 320 g/mol. The molecular weight excluding hydrogens is 300 g/mol. The van der Waals surface area contributed by atoms with Gasteiger partial charge in [0.15, 0.2) is 0 Å². The summed E-state index contributed by atoms with van der Waals surface area (Å²) in [5.74, 6) is 0.0997. The number of carbonyl (C=O) groups excluding carboxylic acids is 1. The lowest BCUT2D eigenvalue weighted by atomic mass is 10.0. The maximum Gasteiger partial charge on any atom is 0.240 e. The third kappa shape index (κ3) is 3.23. The molecule has 0 radical (unpaired) electrons. The van der Waals surface area contributed by atoms with Crippen LogP contribution in [-0.2, 0) is 14.8 Å². The molecule has 1 saturated heterocycles. The summed E-state index contributed by atoms with van der Waals surface area (Å²) >= 11 is 0. The average Bonchev–Trinajstić information content (AvgIpc) is 2.94. The number of hydrogen-bond acceptors (Lipinski definition) is 3. The Morgan fingerprint density at radius 2 is 1.91 bits per heavy atom. The Hall–Kier alpha value is -1.66. The van der Waals surface area contributed by atoms with E-state index in [4.69, 9.17) is 0 Å². The van der Waals surface area contributed by atoms with E-state index in [2.05, 4.69) is 10.8 Å². The van der Waals surface area contributed by atoms with Crippen molar-refractivity contribution in [2.75, 3.05) is 11.4 Å². The van der Waals surface area contributed by atoms with E-state index in [9.17, 15) is 13.2 Å². The van der Waals surface area contributed by atoms with Gasteiger partial charge in [-0.2, -0.15) is 0 Å². The SMILES string of the molecule is O=C1CCCN1c1ccc(S(=O)(=O)NC2CC=CCC2)cc1. The number of hydrogen-bond donors (Lipinski definition) is 1. The highest BCUT2D eigenvalue weighted by Crippen LogP contribution is 2.23. The van der Waals surface area contributed by atoms with Crippen molar-refractivity contribution < 1.29 is 13.2 Å². The van der Waals surface area contributed by atoms with Crippen LogP contribution in [0.15, 0.2) is 41.3 Å². The lowest BCUT2D eigenvalue weighted by molar-refractivity contribution is -0.117. The molecule has 1 amide bonds. The molecule has 1 heterocycles. The fraction of sp³-hybridized carbons (Fsp3) is 0.438. The molecule has 1 aromatic rings. The Morgan fingerprint density at radius 1 is 1.14 bits per heavy atom. The molecule has 2 aliphatic rings. The molecule has 0 aromatic heterocycles. The second-order valence-corrected chi connectivity index (χ2v) is 7.46. The molecule has 0 spiro atoms. The van der Waals surface area contributed by atoms with Gasteiger partial charge >= 0.3 is 0 Å². The summed E-state index contributed by atoms with van der Waals surface area (Å²) in [4.78, 5) is 13.7. The third-order valence-corrected chi connectivity index (χ3v) is 5.66. The zero-order valence-electron chi connectivity index (χ0n) is 12.4. The van der Waals surface area contributed by atoms with E-state index in [1.54, 1.807) is 29.2 Å². The first-order valence-electron chi connectivity index (χ1n) is 7.64. The Balaban J connectivity index is 1.73. The van der Waals surface area contributed by atoms with Gasteiger partial charge in [-0.3, -0.25) is 4.79 Å². The minimum absolute atomic E-state index is 0.0326. The maximum atomic E-state index is 12.4. The largest absolute Gasteiger partial charge is 0.312 e. The molecule has 0 saturated carbocycles. The molecule has 1 N–H and O–H groups in total. The molecule has 0 bridgehead atoms. The van der Waals surface area contributed by atoms with Crippen LogP contribution in [0.25, 0.3) is 0 Å².